The van der Waals surface area contributed by atoms with E-state index >= 15 is 0 Å². The molecule has 1 saturated heterocycles. The summed E-state index contributed by atoms with van der Waals surface area (Å²) in [5.74, 6) is 1.23. The summed E-state index contributed by atoms with van der Waals surface area (Å²) < 4.78 is 11.0. The number of aliphatic hydroxyl groups is 1. The monoisotopic (exact) mass is 322 g/mol. The van der Waals surface area contributed by atoms with Gasteiger partial charge in [-0.15, -0.1) is 0 Å². The normalized spacial score (nSPS) is 20.0. The van der Waals surface area contributed by atoms with Crippen LogP contribution < -0.4 is 14.8 Å². The van der Waals surface area contributed by atoms with Crippen molar-refractivity contribution < 1.29 is 24.5 Å². The number of benzene rings is 1. The summed E-state index contributed by atoms with van der Waals surface area (Å²) in [4.78, 5) is 13.2. The average Bonchev–Trinajstić information content (AvgIpc) is 3.06. The Kier molecular flexibility index (Phi) is 4.88. The Labute approximate surface area is 134 Å². The molecule has 1 fully saturated rings. The summed E-state index contributed by atoms with van der Waals surface area (Å²) in [6, 6.07) is 4.63. The minimum Gasteiger partial charge on any atom is -0.486 e. The Morgan fingerprint density at radius 1 is 1.22 bits per heavy atom. The number of hydrogen-bond acceptors (Lipinski definition) is 5. The van der Waals surface area contributed by atoms with Gasteiger partial charge in [-0.1, -0.05) is 6.07 Å². The number of fused-ring (bicyclic) bond motifs is 1. The molecule has 23 heavy (non-hydrogen) atoms. The minimum absolute atomic E-state index is 0.469. The molecule has 1 aromatic carbocycles. The van der Waals surface area contributed by atoms with Crippen molar-refractivity contribution in [2.45, 2.75) is 25.0 Å². The molecular formula is C16H22N2O5. The van der Waals surface area contributed by atoms with Gasteiger partial charge in [0.2, 0.25) is 0 Å². The zero-order valence-corrected chi connectivity index (χ0v) is 12.9. The molecule has 7 heteroatoms. The lowest BCUT2D eigenvalue weighted by Crippen LogP contribution is -2.46. The van der Waals surface area contributed by atoms with Crippen molar-refractivity contribution in [3.05, 3.63) is 23.8 Å². The van der Waals surface area contributed by atoms with Gasteiger partial charge in [0.1, 0.15) is 19.3 Å². The fraction of sp³-hybridized carbons (Fsp3) is 0.562. The molecule has 1 amide bonds. The lowest BCUT2D eigenvalue weighted by Gasteiger charge is -2.28. The number of nitrogens with one attached hydrogen (secondary N) is 1. The molecule has 0 aliphatic carbocycles. The van der Waals surface area contributed by atoms with Gasteiger partial charge in [-0.05, 0) is 43.6 Å². The molecule has 7 nitrogen and oxygen atoms in total. The molecule has 0 spiro atoms. The third-order valence-corrected chi connectivity index (χ3v) is 4.25. The second kappa shape index (κ2) is 7.06. The van der Waals surface area contributed by atoms with Gasteiger partial charge in [0.05, 0.1) is 6.04 Å². The molecule has 3 N–H and O–H groups in total. The van der Waals surface area contributed by atoms with Gasteiger partial charge in [-0.2, -0.15) is 0 Å². The van der Waals surface area contributed by atoms with Gasteiger partial charge >= 0.3 is 6.09 Å². The first-order valence-corrected chi connectivity index (χ1v) is 7.93. The summed E-state index contributed by atoms with van der Waals surface area (Å²) in [6.45, 7) is 3.34. The molecule has 0 radical (unpaired) electrons. The third kappa shape index (κ3) is 3.86. The highest BCUT2D eigenvalue weighted by atomic mass is 16.6. The number of ether oxygens (including phenoxy) is 2. The maximum atomic E-state index is 11.1. The molecular weight excluding hydrogens is 300 g/mol. The van der Waals surface area contributed by atoms with Gasteiger partial charge < -0.3 is 29.9 Å². The zero-order valence-electron chi connectivity index (χ0n) is 12.9. The molecule has 3 rings (SSSR count). The maximum Gasteiger partial charge on any atom is 0.405 e. The summed E-state index contributed by atoms with van der Waals surface area (Å²) in [7, 11) is 0. The van der Waals surface area contributed by atoms with Crippen LogP contribution in [-0.4, -0.2) is 60.1 Å². The van der Waals surface area contributed by atoms with Crippen LogP contribution in [-0.2, 0) is 0 Å². The number of aliphatic hydroxyl groups excluding tert-OH is 1. The van der Waals surface area contributed by atoms with Crippen LogP contribution >= 0.6 is 0 Å². The van der Waals surface area contributed by atoms with E-state index in [4.69, 9.17) is 14.6 Å². The average molecular weight is 322 g/mol. The topological polar surface area (TPSA) is 91.3 Å². The van der Waals surface area contributed by atoms with Crippen molar-refractivity contribution >= 4 is 6.09 Å². The fourth-order valence-electron chi connectivity index (χ4n) is 3.10. The van der Waals surface area contributed by atoms with Crippen LogP contribution in [0.15, 0.2) is 18.2 Å². The van der Waals surface area contributed by atoms with Crippen LogP contribution in [0.5, 0.6) is 11.5 Å². The molecule has 1 aromatic rings. The first kappa shape index (κ1) is 15.9. The summed E-state index contributed by atoms with van der Waals surface area (Å²) >= 11 is 0. The van der Waals surface area contributed by atoms with Gasteiger partial charge in [-0.3, -0.25) is 0 Å². The van der Waals surface area contributed by atoms with E-state index in [1.807, 2.05) is 0 Å². The summed E-state index contributed by atoms with van der Waals surface area (Å²) in [6.07, 6.45) is 0.146. The molecule has 2 heterocycles. The number of amides is 1. The van der Waals surface area contributed by atoms with Crippen LogP contribution in [0.1, 0.15) is 24.5 Å². The molecule has 0 bridgehead atoms. The predicted octanol–water partition coefficient (Wildman–Crippen LogP) is 1.22. The molecule has 2 aliphatic rings. The van der Waals surface area contributed by atoms with Crippen molar-refractivity contribution in [2.75, 3.05) is 32.8 Å². The number of carbonyl (C=O) groups is 1. The number of hydrogen-bond donors (Lipinski definition) is 3. The largest absolute Gasteiger partial charge is 0.486 e. The van der Waals surface area contributed by atoms with Crippen molar-refractivity contribution in [1.29, 1.82) is 0 Å². The molecule has 2 atom stereocenters. The van der Waals surface area contributed by atoms with Crippen LogP contribution in [0.2, 0.25) is 0 Å². The van der Waals surface area contributed by atoms with Crippen molar-refractivity contribution in [1.82, 2.24) is 10.2 Å². The van der Waals surface area contributed by atoms with Crippen molar-refractivity contribution in [3.63, 3.8) is 0 Å². The number of nitrogens with zero attached hydrogens (tertiary/aromatic N) is 1. The van der Waals surface area contributed by atoms with Crippen LogP contribution in [0, 0.1) is 0 Å². The first-order chi connectivity index (χ1) is 11.1. The third-order valence-electron chi connectivity index (χ3n) is 4.25. The molecule has 0 saturated carbocycles. The lowest BCUT2D eigenvalue weighted by molar-refractivity contribution is 0.101. The van der Waals surface area contributed by atoms with E-state index in [1.54, 1.807) is 18.2 Å². The summed E-state index contributed by atoms with van der Waals surface area (Å²) in [5, 5.41) is 22.1. The first-order valence-electron chi connectivity index (χ1n) is 7.93. The fourth-order valence-corrected chi connectivity index (χ4v) is 3.10. The SMILES string of the molecule is O=C(O)NC(CN1CCCC1)C(O)c1ccc2c(c1)OCCO2. The lowest BCUT2D eigenvalue weighted by atomic mass is 10.0. The highest BCUT2D eigenvalue weighted by Gasteiger charge is 2.27. The molecule has 2 aliphatic heterocycles. The van der Waals surface area contributed by atoms with Crippen molar-refractivity contribution in [3.8, 4) is 11.5 Å². The van der Waals surface area contributed by atoms with E-state index < -0.39 is 18.2 Å². The van der Waals surface area contributed by atoms with Crippen LogP contribution in [0.4, 0.5) is 4.79 Å². The van der Waals surface area contributed by atoms with Gasteiger partial charge in [0.15, 0.2) is 11.5 Å². The van der Waals surface area contributed by atoms with Crippen LogP contribution in [0.3, 0.4) is 0 Å². The highest BCUT2D eigenvalue weighted by Crippen LogP contribution is 2.33. The van der Waals surface area contributed by atoms with Crippen molar-refractivity contribution in [2.24, 2.45) is 0 Å². The minimum atomic E-state index is -1.13. The maximum absolute atomic E-state index is 11.1. The Hall–Kier alpha value is -1.99. The number of carboxylic acid groups (broad SMARTS) is 1. The van der Waals surface area contributed by atoms with E-state index in [1.165, 1.54) is 0 Å². The van der Waals surface area contributed by atoms with E-state index in [2.05, 4.69) is 10.2 Å². The van der Waals surface area contributed by atoms with E-state index in [0.29, 0.717) is 36.8 Å². The number of likely N-dealkylation sites (tertiary alicyclic amines) is 1. The quantitative estimate of drug-likeness (QED) is 0.755. The van der Waals surface area contributed by atoms with E-state index in [-0.39, 0.29) is 0 Å². The Bertz CT molecular complexity index is 559. The number of rotatable bonds is 5. The molecule has 2 unspecified atom stereocenters. The molecule has 0 aromatic heterocycles. The standard InChI is InChI=1S/C16H22N2O5/c19-15(11-3-4-13-14(9-11)23-8-7-22-13)12(17-16(20)21)10-18-5-1-2-6-18/h3-4,9,12,15,17,19H,1-2,5-8,10H2,(H,20,21). The molecule has 126 valence electrons. The predicted molar refractivity (Wildman–Crippen MR) is 83.0 cm³/mol. The zero-order chi connectivity index (χ0) is 16.2. The van der Waals surface area contributed by atoms with E-state index in [9.17, 15) is 9.90 Å². The Morgan fingerprint density at radius 3 is 2.61 bits per heavy atom. The second-order valence-corrected chi connectivity index (χ2v) is 5.91. The van der Waals surface area contributed by atoms with Gasteiger partial charge in [0.25, 0.3) is 0 Å². The van der Waals surface area contributed by atoms with Gasteiger partial charge in [0, 0.05) is 6.54 Å². The summed E-state index contributed by atoms with van der Waals surface area (Å²) in [5.41, 5.74) is 0.618. The van der Waals surface area contributed by atoms with Gasteiger partial charge in [-0.25, -0.2) is 4.79 Å². The van der Waals surface area contributed by atoms with E-state index in [0.717, 1.165) is 25.9 Å². The Balaban J connectivity index is 1.75. The smallest absolute Gasteiger partial charge is 0.405 e. The Morgan fingerprint density at radius 2 is 1.91 bits per heavy atom. The second-order valence-electron chi connectivity index (χ2n) is 5.91. The highest BCUT2D eigenvalue weighted by molar-refractivity contribution is 5.65. The van der Waals surface area contributed by atoms with Crippen LogP contribution in [0.25, 0.3) is 0 Å².